The van der Waals surface area contributed by atoms with Gasteiger partial charge in [0.1, 0.15) is 5.82 Å². The van der Waals surface area contributed by atoms with Gasteiger partial charge in [-0.2, -0.15) is 0 Å². The molecule has 0 spiro atoms. The monoisotopic (exact) mass is 388 g/mol. The lowest BCUT2D eigenvalue weighted by molar-refractivity contribution is 0.271. The Balaban J connectivity index is 1.66. The average molecular weight is 389 g/mol. The van der Waals surface area contributed by atoms with Gasteiger partial charge in [-0.15, -0.1) is 0 Å². The third-order valence-corrected chi connectivity index (χ3v) is 6.40. The number of hydrogen-bond donors (Lipinski definition) is 1. The number of pyridine rings is 1. The molecule has 27 heavy (non-hydrogen) atoms. The fourth-order valence-corrected chi connectivity index (χ4v) is 4.19. The number of piperazine rings is 1. The highest BCUT2D eigenvalue weighted by molar-refractivity contribution is 7.92. The van der Waals surface area contributed by atoms with E-state index in [2.05, 4.69) is 40.3 Å². The molecular weight excluding hydrogens is 360 g/mol. The number of benzene rings is 1. The number of sulfonamides is 1. The predicted molar refractivity (Wildman–Crippen MR) is 110 cm³/mol. The van der Waals surface area contributed by atoms with Crippen LogP contribution in [0.25, 0.3) is 0 Å². The summed E-state index contributed by atoms with van der Waals surface area (Å²) in [6.07, 6.45) is 1.74. The van der Waals surface area contributed by atoms with Crippen molar-refractivity contribution in [2.45, 2.75) is 31.6 Å². The van der Waals surface area contributed by atoms with Crippen LogP contribution in [0, 0.1) is 0 Å². The third kappa shape index (κ3) is 4.78. The number of aromatic nitrogens is 1. The van der Waals surface area contributed by atoms with Gasteiger partial charge in [0.25, 0.3) is 10.0 Å². The molecule has 0 aliphatic carbocycles. The number of anilines is 2. The molecule has 1 N–H and O–H groups in total. The SMILES string of the molecule is CCN1CCN(c2ccc(NS(=O)(=O)c3ccc(C(C)C)cc3)nc2)CC1. The van der Waals surface area contributed by atoms with Crippen molar-refractivity contribution in [2.24, 2.45) is 0 Å². The number of nitrogens with zero attached hydrogens (tertiary/aromatic N) is 3. The van der Waals surface area contributed by atoms with E-state index in [0.717, 1.165) is 44.0 Å². The Morgan fingerprint density at radius 2 is 1.70 bits per heavy atom. The van der Waals surface area contributed by atoms with Crippen LogP contribution in [-0.2, 0) is 10.0 Å². The smallest absolute Gasteiger partial charge is 0.263 e. The Kier molecular flexibility index (Phi) is 6.01. The largest absolute Gasteiger partial charge is 0.368 e. The lowest BCUT2D eigenvalue weighted by Gasteiger charge is -2.35. The molecule has 1 aromatic carbocycles. The van der Waals surface area contributed by atoms with Crippen LogP contribution in [-0.4, -0.2) is 51.0 Å². The van der Waals surface area contributed by atoms with E-state index in [-0.39, 0.29) is 4.90 Å². The lowest BCUT2D eigenvalue weighted by Crippen LogP contribution is -2.46. The zero-order valence-corrected chi connectivity index (χ0v) is 17.0. The molecule has 0 bridgehead atoms. The zero-order chi connectivity index (χ0) is 19.4. The number of likely N-dealkylation sites (N-methyl/N-ethyl adjacent to an activating group) is 1. The van der Waals surface area contributed by atoms with Gasteiger partial charge in [-0.3, -0.25) is 4.72 Å². The summed E-state index contributed by atoms with van der Waals surface area (Å²) in [6.45, 7) is 11.4. The molecule has 2 aromatic rings. The van der Waals surface area contributed by atoms with E-state index in [1.165, 1.54) is 0 Å². The molecule has 0 unspecified atom stereocenters. The molecule has 1 saturated heterocycles. The molecular formula is C20H28N4O2S. The van der Waals surface area contributed by atoms with Gasteiger partial charge < -0.3 is 9.80 Å². The maximum absolute atomic E-state index is 12.6. The van der Waals surface area contributed by atoms with E-state index < -0.39 is 10.0 Å². The molecule has 2 heterocycles. The van der Waals surface area contributed by atoms with Crippen molar-refractivity contribution in [3.63, 3.8) is 0 Å². The van der Waals surface area contributed by atoms with Gasteiger partial charge in [-0.25, -0.2) is 13.4 Å². The second-order valence-corrected chi connectivity index (χ2v) is 8.83. The van der Waals surface area contributed by atoms with Crippen LogP contribution < -0.4 is 9.62 Å². The molecule has 6 nitrogen and oxygen atoms in total. The minimum absolute atomic E-state index is 0.244. The van der Waals surface area contributed by atoms with Crippen molar-refractivity contribution in [1.82, 2.24) is 9.88 Å². The predicted octanol–water partition coefficient (Wildman–Crippen LogP) is 3.15. The molecule has 0 saturated carbocycles. The molecule has 1 aliphatic rings. The second-order valence-electron chi connectivity index (χ2n) is 7.15. The van der Waals surface area contributed by atoms with E-state index >= 15 is 0 Å². The van der Waals surface area contributed by atoms with Crippen LogP contribution in [0.3, 0.4) is 0 Å². The first-order valence-corrected chi connectivity index (χ1v) is 10.9. The van der Waals surface area contributed by atoms with Crippen molar-refractivity contribution in [3.05, 3.63) is 48.2 Å². The van der Waals surface area contributed by atoms with Crippen LogP contribution >= 0.6 is 0 Å². The third-order valence-electron chi connectivity index (χ3n) is 5.03. The summed E-state index contributed by atoms with van der Waals surface area (Å²) < 4.78 is 27.7. The average Bonchev–Trinajstić information content (AvgIpc) is 2.68. The summed E-state index contributed by atoms with van der Waals surface area (Å²) >= 11 is 0. The Hall–Kier alpha value is -2.12. The first kappa shape index (κ1) is 19.6. The van der Waals surface area contributed by atoms with Gasteiger partial charge in [-0.05, 0) is 42.3 Å². The van der Waals surface area contributed by atoms with Crippen molar-refractivity contribution in [2.75, 3.05) is 42.3 Å². The van der Waals surface area contributed by atoms with Crippen LogP contribution in [0.5, 0.6) is 0 Å². The minimum Gasteiger partial charge on any atom is -0.368 e. The van der Waals surface area contributed by atoms with Crippen molar-refractivity contribution >= 4 is 21.5 Å². The molecule has 1 aliphatic heterocycles. The van der Waals surface area contributed by atoms with Crippen LogP contribution in [0.4, 0.5) is 11.5 Å². The summed E-state index contributed by atoms with van der Waals surface area (Å²) in [5.41, 5.74) is 2.13. The maximum atomic E-state index is 12.6. The first-order chi connectivity index (χ1) is 12.9. The second kappa shape index (κ2) is 8.27. The fraction of sp³-hybridized carbons (Fsp3) is 0.450. The number of nitrogens with one attached hydrogen (secondary N) is 1. The van der Waals surface area contributed by atoms with Gasteiger partial charge in [-0.1, -0.05) is 32.9 Å². The molecule has 1 fully saturated rings. The van der Waals surface area contributed by atoms with E-state index in [0.29, 0.717) is 11.7 Å². The van der Waals surface area contributed by atoms with E-state index in [1.807, 2.05) is 18.2 Å². The summed E-state index contributed by atoms with van der Waals surface area (Å²) in [5, 5.41) is 0. The van der Waals surface area contributed by atoms with Gasteiger partial charge in [0, 0.05) is 26.2 Å². The van der Waals surface area contributed by atoms with Crippen LogP contribution in [0.1, 0.15) is 32.3 Å². The summed E-state index contributed by atoms with van der Waals surface area (Å²) in [6, 6.07) is 10.6. The Labute approximate surface area is 162 Å². The van der Waals surface area contributed by atoms with Gasteiger partial charge in [0.15, 0.2) is 0 Å². The molecule has 0 atom stereocenters. The standard InChI is InChI=1S/C20H28N4O2S/c1-4-23-11-13-24(14-12-23)18-7-10-20(21-15-18)22-27(25,26)19-8-5-17(6-9-19)16(2)3/h5-10,15-16H,4,11-14H2,1-3H3,(H,21,22). The number of hydrogen-bond acceptors (Lipinski definition) is 5. The zero-order valence-electron chi connectivity index (χ0n) is 16.2. The molecule has 1 aromatic heterocycles. The maximum Gasteiger partial charge on any atom is 0.263 e. The van der Waals surface area contributed by atoms with Gasteiger partial charge in [0.2, 0.25) is 0 Å². The highest BCUT2D eigenvalue weighted by Gasteiger charge is 2.18. The van der Waals surface area contributed by atoms with Gasteiger partial charge in [0.05, 0.1) is 16.8 Å². The van der Waals surface area contributed by atoms with Crippen molar-refractivity contribution in [1.29, 1.82) is 0 Å². The summed E-state index contributed by atoms with van der Waals surface area (Å²) in [5.74, 6) is 0.696. The molecule has 146 valence electrons. The summed E-state index contributed by atoms with van der Waals surface area (Å²) in [4.78, 5) is 9.24. The quantitative estimate of drug-likeness (QED) is 0.823. The first-order valence-electron chi connectivity index (χ1n) is 9.45. The molecule has 3 rings (SSSR count). The lowest BCUT2D eigenvalue weighted by atomic mass is 10.0. The number of rotatable bonds is 6. The minimum atomic E-state index is -3.64. The fourth-order valence-electron chi connectivity index (χ4n) is 3.18. The molecule has 0 amide bonds. The van der Waals surface area contributed by atoms with Gasteiger partial charge >= 0.3 is 0 Å². The van der Waals surface area contributed by atoms with Crippen LogP contribution in [0.15, 0.2) is 47.5 Å². The Bertz CT molecular complexity index is 841. The van der Waals surface area contributed by atoms with E-state index in [1.54, 1.807) is 24.4 Å². The molecule has 0 radical (unpaired) electrons. The normalized spacial score (nSPS) is 15.9. The highest BCUT2D eigenvalue weighted by Crippen LogP contribution is 2.21. The Morgan fingerprint density at radius 3 is 2.22 bits per heavy atom. The van der Waals surface area contributed by atoms with Crippen LogP contribution in [0.2, 0.25) is 0 Å². The molecule has 7 heteroatoms. The van der Waals surface area contributed by atoms with Crippen molar-refractivity contribution < 1.29 is 8.42 Å². The van der Waals surface area contributed by atoms with Crippen molar-refractivity contribution in [3.8, 4) is 0 Å². The van der Waals surface area contributed by atoms with E-state index in [9.17, 15) is 8.42 Å². The highest BCUT2D eigenvalue weighted by atomic mass is 32.2. The summed E-state index contributed by atoms with van der Waals surface area (Å²) in [7, 11) is -3.64. The van der Waals surface area contributed by atoms with E-state index in [4.69, 9.17) is 0 Å². The topological polar surface area (TPSA) is 65.5 Å². The Morgan fingerprint density at radius 1 is 1.04 bits per heavy atom.